The van der Waals surface area contributed by atoms with Gasteiger partial charge in [-0.1, -0.05) is 48.5 Å². The van der Waals surface area contributed by atoms with Crippen LogP contribution in [-0.2, 0) is 18.9 Å². The van der Waals surface area contributed by atoms with Crippen LogP contribution in [0.15, 0.2) is 48.5 Å². The van der Waals surface area contributed by atoms with Crippen LogP contribution in [-0.4, -0.2) is 40.2 Å². The first-order chi connectivity index (χ1) is 14.1. The molecule has 2 atom stereocenters. The largest absolute Gasteiger partial charge is 0.418 e. The lowest BCUT2D eigenvalue weighted by molar-refractivity contribution is -0.244. The topological polar surface area (TPSA) is 36.9 Å². The minimum absolute atomic E-state index is 0.0678. The zero-order chi connectivity index (χ0) is 22.4. The third-order valence-corrected chi connectivity index (χ3v) is 4.08. The van der Waals surface area contributed by atoms with Gasteiger partial charge in [-0.05, 0) is 22.3 Å². The Hall–Kier alpha value is -2.14. The van der Waals surface area contributed by atoms with Crippen LogP contribution in [0.3, 0.4) is 0 Å². The van der Waals surface area contributed by atoms with E-state index in [0.717, 1.165) is 26.4 Å². The smallest absolute Gasteiger partial charge is 0.359 e. The second-order valence-corrected chi connectivity index (χ2v) is 6.16. The molecular weight excluding hydrogens is 418 g/mol. The lowest BCUT2D eigenvalue weighted by atomic mass is 9.90. The van der Waals surface area contributed by atoms with E-state index in [4.69, 9.17) is 9.47 Å². The maximum absolute atomic E-state index is 13.6. The molecule has 0 fully saturated rings. The van der Waals surface area contributed by atoms with Crippen molar-refractivity contribution < 1.29 is 45.3 Å². The summed E-state index contributed by atoms with van der Waals surface area (Å²) in [6.45, 7) is -1.30. The summed E-state index contributed by atoms with van der Waals surface area (Å²) in [6.07, 6.45) is -14.4. The van der Waals surface area contributed by atoms with Crippen molar-refractivity contribution in [3.05, 3.63) is 59.7 Å². The fourth-order valence-electron chi connectivity index (χ4n) is 2.94. The second kappa shape index (κ2) is 10.3. The van der Waals surface area contributed by atoms with E-state index < -0.39 is 38.1 Å². The summed E-state index contributed by atoms with van der Waals surface area (Å²) in [5.74, 6) is 0. The highest BCUT2D eigenvalue weighted by atomic mass is 19.4. The first kappa shape index (κ1) is 24.1. The molecule has 0 aliphatic rings. The van der Waals surface area contributed by atoms with Crippen molar-refractivity contribution in [2.45, 2.75) is 24.6 Å². The number of benzene rings is 2. The Labute approximate surface area is 169 Å². The molecule has 0 N–H and O–H groups in total. The van der Waals surface area contributed by atoms with Gasteiger partial charge in [-0.3, -0.25) is 0 Å². The van der Waals surface area contributed by atoms with Gasteiger partial charge in [0, 0.05) is 14.2 Å². The predicted molar refractivity (Wildman–Crippen MR) is 95.4 cm³/mol. The molecule has 0 saturated carbocycles. The van der Waals surface area contributed by atoms with E-state index in [-0.39, 0.29) is 22.3 Å². The molecule has 10 heteroatoms. The lowest BCUT2D eigenvalue weighted by Gasteiger charge is -2.26. The zero-order valence-corrected chi connectivity index (χ0v) is 16.1. The first-order valence-electron chi connectivity index (χ1n) is 8.64. The van der Waals surface area contributed by atoms with Crippen LogP contribution in [0.1, 0.15) is 23.3 Å². The van der Waals surface area contributed by atoms with Gasteiger partial charge in [0.1, 0.15) is 13.6 Å². The molecular formula is C20H20F6O4. The van der Waals surface area contributed by atoms with Gasteiger partial charge in [0.05, 0.1) is 0 Å². The molecule has 0 aromatic heterocycles. The van der Waals surface area contributed by atoms with Crippen LogP contribution in [0.2, 0.25) is 0 Å². The molecule has 0 saturated heterocycles. The maximum Gasteiger partial charge on any atom is 0.418 e. The second-order valence-electron chi connectivity index (χ2n) is 6.16. The van der Waals surface area contributed by atoms with Crippen molar-refractivity contribution in [2.24, 2.45) is 0 Å². The number of methoxy groups -OCH3 is 2. The molecule has 30 heavy (non-hydrogen) atoms. The molecule has 0 aliphatic carbocycles. The highest BCUT2D eigenvalue weighted by Crippen LogP contribution is 2.44. The van der Waals surface area contributed by atoms with E-state index in [9.17, 15) is 26.3 Å². The molecule has 0 aliphatic heterocycles. The quantitative estimate of drug-likeness (QED) is 0.366. The molecule has 4 nitrogen and oxygen atoms in total. The Bertz CT molecular complexity index is 739. The Morgan fingerprint density at radius 3 is 1.27 bits per heavy atom. The average molecular weight is 438 g/mol. The van der Waals surface area contributed by atoms with E-state index >= 15 is 0 Å². The average Bonchev–Trinajstić information content (AvgIpc) is 2.67. The summed E-state index contributed by atoms with van der Waals surface area (Å²) in [5.41, 5.74) is -0.826. The maximum atomic E-state index is 13.6. The van der Waals surface area contributed by atoms with Crippen LogP contribution in [0.4, 0.5) is 26.3 Å². The van der Waals surface area contributed by atoms with Gasteiger partial charge >= 0.3 is 12.4 Å². The van der Waals surface area contributed by atoms with Gasteiger partial charge in [-0.25, -0.2) is 0 Å². The van der Waals surface area contributed by atoms with Gasteiger partial charge < -0.3 is 18.9 Å². The molecule has 0 unspecified atom stereocenters. The fraction of sp³-hybridized carbons (Fsp3) is 0.400. The lowest BCUT2D eigenvalue weighted by Crippen LogP contribution is -2.26. The highest BCUT2D eigenvalue weighted by molar-refractivity contribution is 5.72. The number of rotatable bonds is 9. The summed E-state index contributed by atoms with van der Waals surface area (Å²) in [7, 11) is 2.32. The van der Waals surface area contributed by atoms with E-state index in [1.165, 1.54) is 36.4 Å². The van der Waals surface area contributed by atoms with E-state index in [1.54, 1.807) is 0 Å². The number of hydrogen-bond acceptors (Lipinski definition) is 4. The van der Waals surface area contributed by atoms with Crippen molar-refractivity contribution in [1.29, 1.82) is 0 Å². The SMILES string of the molecule is COCO[C@H](c1ccccc1-c1ccccc1[C@H](OCOC)C(F)(F)F)C(F)(F)F. The van der Waals surface area contributed by atoms with Crippen molar-refractivity contribution >= 4 is 0 Å². The van der Waals surface area contributed by atoms with Gasteiger partial charge in [0.15, 0.2) is 12.2 Å². The normalized spacial score (nSPS) is 14.5. The number of alkyl halides is 6. The summed E-state index contributed by atoms with van der Waals surface area (Å²) >= 11 is 0. The Morgan fingerprint density at radius 2 is 0.967 bits per heavy atom. The van der Waals surface area contributed by atoms with Gasteiger partial charge in [-0.15, -0.1) is 0 Å². The molecule has 0 amide bonds. The van der Waals surface area contributed by atoms with Crippen LogP contribution in [0.25, 0.3) is 11.1 Å². The van der Waals surface area contributed by atoms with E-state index in [2.05, 4.69) is 9.47 Å². The summed E-state index contributed by atoms with van der Waals surface area (Å²) in [5, 5.41) is 0. The fourth-order valence-corrected chi connectivity index (χ4v) is 2.94. The number of ether oxygens (including phenoxy) is 4. The molecule has 0 radical (unpaired) electrons. The van der Waals surface area contributed by atoms with Crippen molar-refractivity contribution in [3.63, 3.8) is 0 Å². The van der Waals surface area contributed by atoms with Crippen molar-refractivity contribution in [2.75, 3.05) is 27.8 Å². The van der Waals surface area contributed by atoms with Crippen LogP contribution in [0.5, 0.6) is 0 Å². The number of hydrogen-bond donors (Lipinski definition) is 0. The monoisotopic (exact) mass is 438 g/mol. The molecule has 2 rings (SSSR count). The van der Waals surface area contributed by atoms with E-state index in [0.29, 0.717) is 0 Å². The Balaban J connectivity index is 2.64. The van der Waals surface area contributed by atoms with E-state index in [1.807, 2.05) is 0 Å². The molecule has 0 spiro atoms. The van der Waals surface area contributed by atoms with Crippen molar-refractivity contribution in [1.82, 2.24) is 0 Å². The standard InChI is InChI=1S/C20H20F6O4/c1-27-11-29-17(19(21,22)23)15-9-5-3-7-13(15)14-8-4-6-10-16(14)18(20(24,25)26)30-12-28-2/h3-10,17-18H,11-12H2,1-2H3/t17-,18+. The summed E-state index contributed by atoms with van der Waals surface area (Å²) in [4.78, 5) is 0. The van der Waals surface area contributed by atoms with Gasteiger partial charge in [0.2, 0.25) is 0 Å². The van der Waals surface area contributed by atoms with Gasteiger partial charge in [0.25, 0.3) is 0 Å². The van der Waals surface area contributed by atoms with Crippen LogP contribution < -0.4 is 0 Å². The Morgan fingerprint density at radius 1 is 0.633 bits per heavy atom. The van der Waals surface area contributed by atoms with Crippen molar-refractivity contribution in [3.8, 4) is 11.1 Å². The minimum Gasteiger partial charge on any atom is -0.359 e. The molecule has 2 aromatic rings. The molecule has 0 bridgehead atoms. The van der Waals surface area contributed by atoms with Gasteiger partial charge in [-0.2, -0.15) is 26.3 Å². The third-order valence-electron chi connectivity index (χ3n) is 4.08. The Kier molecular flexibility index (Phi) is 8.25. The van der Waals surface area contributed by atoms with Crippen LogP contribution >= 0.6 is 0 Å². The highest BCUT2D eigenvalue weighted by Gasteiger charge is 2.45. The zero-order valence-electron chi connectivity index (χ0n) is 16.1. The molecule has 2 aromatic carbocycles. The molecule has 166 valence electrons. The number of halogens is 6. The molecule has 0 heterocycles. The predicted octanol–water partition coefficient (Wildman–Crippen LogP) is 5.80. The summed E-state index contributed by atoms with van der Waals surface area (Å²) in [6, 6.07) is 10.4. The minimum atomic E-state index is -4.82. The van der Waals surface area contributed by atoms with Crippen LogP contribution in [0, 0.1) is 0 Å². The first-order valence-corrected chi connectivity index (χ1v) is 8.64. The third kappa shape index (κ3) is 5.94. The summed E-state index contributed by atoms with van der Waals surface area (Å²) < 4.78 is 101.